The van der Waals surface area contributed by atoms with E-state index in [9.17, 15) is 16.8 Å². The van der Waals surface area contributed by atoms with Gasteiger partial charge in [0, 0.05) is 0 Å². The van der Waals surface area contributed by atoms with E-state index >= 15 is 0 Å². The van der Waals surface area contributed by atoms with Crippen LogP contribution in [0.25, 0.3) is 0 Å². The van der Waals surface area contributed by atoms with Crippen LogP contribution in [0.1, 0.15) is 2.85 Å². The molecule has 5 nitrogen and oxygen atoms in total. The maximum atomic E-state index is 11.8. The van der Waals surface area contributed by atoms with Gasteiger partial charge in [0.05, 0.1) is 9.79 Å². The van der Waals surface area contributed by atoms with Gasteiger partial charge in [0.15, 0.2) is 17.4 Å². The predicted octanol–water partition coefficient (Wildman–Crippen LogP) is -5.17. The number of hydrogen-bond donors (Lipinski definition) is 0. The fourth-order valence-corrected chi connectivity index (χ4v) is 3.92. The molecule has 0 fully saturated rings. The van der Waals surface area contributed by atoms with Crippen LogP contribution in [0.4, 0.5) is 0 Å². The molecule has 0 aliphatic heterocycles. The summed E-state index contributed by atoms with van der Waals surface area (Å²) >= 11 is 0. The minimum absolute atomic E-state index is 0. The van der Waals surface area contributed by atoms with Crippen molar-refractivity contribution in [2.75, 3.05) is 0 Å². The van der Waals surface area contributed by atoms with E-state index in [-0.39, 0.29) is 133 Å². The molecular weight excluding hydrogens is 393 g/mol. The van der Waals surface area contributed by atoms with Gasteiger partial charge in [0.2, 0.25) is 0 Å². The Kier molecular flexibility index (Phi) is 14.0. The normalized spacial score (nSPS) is 10.5. The van der Waals surface area contributed by atoms with Crippen molar-refractivity contribution in [3.63, 3.8) is 0 Å². The van der Waals surface area contributed by atoms with Crippen LogP contribution in [-0.2, 0) is 23.9 Å². The second-order valence-corrected chi connectivity index (χ2v) is 6.91. The zero-order valence-corrected chi connectivity index (χ0v) is 19.5. The molecule has 2 rings (SSSR count). The fraction of sp³-hybridized carbons (Fsp3) is 0. The molecule has 22 heavy (non-hydrogen) atoms. The van der Waals surface area contributed by atoms with E-state index in [1.807, 2.05) is 0 Å². The van der Waals surface area contributed by atoms with Gasteiger partial charge in [0.25, 0.3) is 0 Å². The van der Waals surface area contributed by atoms with Gasteiger partial charge in [0.1, 0.15) is 0 Å². The Bertz CT molecular complexity index is 708. The molecule has 0 N–H and O–H groups in total. The number of hydrogen-bond acceptors (Lipinski definition) is 5. The van der Waals surface area contributed by atoms with Crippen LogP contribution in [0.15, 0.2) is 70.5 Å². The molecule has 0 heterocycles. The quantitative estimate of drug-likeness (QED) is 0.473. The second kappa shape index (κ2) is 11.7. The topological polar surface area (TPSA) is 77.5 Å². The predicted molar refractivity (Wildman–Crippen MR) is 80.5 cm³/mol. The van der Waals surface area contributed by atoms with Crippen LogP contribution >= 0.6 is 0 Å². The minimum atomic E-state index is -4.35. The first-order chi connectivity index (χ1) is 8.92. The number of benzene rings is 2. The van der Waals surface area contributed by atoms with Crippen LogP contribution in [0, 0.1) is 0 Å². The Morgan fingerprint density at radius 2 is 0.909 bits per heavy atom. The molecule has 0 bridgehead atoms. The zero-order valence-electron chi connectivity index (χ0n) is 13.6. The molecule has 110 valence electrons. The van der Waals surface area contributed by atoms with E-state index in [1.54, 1.807) is 12.1 Å². The third-order valence-corrected chi connectivity index (χ3v) is 5.38. The summed E-state index contributed by atoms with van der Waals surface area (Å²) in [4.78, 5) is -0.427. The van der Waals surface area contributed by atoms with Crippen molar-refractivity contribution >= 4 is 37.6 Å². The zero-order chi connectivity index (χ0) is 13.9. The molecule has 0 aliphatic carbocycles. The maximum absolute atomic E-state index is 11.8. The largest absolute Gasteiger partial charge is 1.00 e. The van der Waals surface area contributed by atoms with Gasteiger partial charge in [-0.05, 0) is 24.3 Å². The van der Waals surface area contributed by atoms with Gasteiger partial charge in [-0.1, -0.05) is 36.4 Å². The van der Waals surface area contributed by atoms with Crippen molar-refractivity contribution in [1.29, 1.82) is 0 Å². The van der Waals surface area contributed by atoms with Gasteiger partial charge in [-0.3, -0.25) is 0 Å². The molecule has 0 saturated carbocycles. The van der Waals surface area contributed by atoms with E-state index in [1.165, 1.54) is 48.5 Å². The molecule has 0 spiro atoms. The molecule has 0 amide bonds. The third-order valence-electron chi connectivity index (χ3n) is 2.24. The smallest absolute Gasteiger partial charge is 1.00 e. The summed E-state index contributed by atoms with van der Waals surface area (Å²) in [6.07, 6.45) is 0. The molecular formula is C12H15AlK2O5S2. The first kappa shape index (κ1) is 26.3. The van der Waals surface area contributed by atoms with Gasteiger partial charge >= 0.3 is 123 Å². The van der Waals surface area contributed by atoms with Crippen molar-refractivity contribution in [1.82, 2.24) is 0 Å². The van der Waals surface area contributed by atoms with Crippen molar-refractivity contribution in [3.8, 4) is 0 Å². The molecule has 0 atom stereocenters. The first-order valence-corrected chi connectivity index (χ1v) is 8.05. The Morgan fingerprint density at radius 1 is 0.636 bits per heavy atom. The second-order valence-electron chi connectivity index (χ2n) is 3.60. The van der Waals surface area contributed by atoms with Crippen molar-refractivity contribution < 1.29 is 126 Å². The van der Waals surface area contributed by atoms with E-state index < -0.39 is 20.2 Å². The van der Waals surface area contributed by atoms with E-state index in [0.29, 0.717) is 0 Å². The summed E-state index contributed by atoms with van der Waals surface area (Å²) in [5.41, 5.74) is 0. The van der Waals surface area contributed by atoms with Crippen molar-refractivity contribution in [3.05, 3.63) is 60.7 Å². The van der Waals surface area contributed by atoms with Gasteiger partial charge in [-0.2, -0.15) is 16.8 Å². The van der Waals surface area contributed by atoms with Crippen molar-refractivity contribution in [2.24, 2.45) is 0 Å². The molecule has 0 radical (unpaired) electrons. The van der Waals surface area contributed by atoms with Crippen LogP contribution in [0.2, 0.25) is 0 Å². The summed E-state index contributed by atoms with van der Waals surface area (Å²) in [6, 6.07) is 14.2. The Hall–Kier alpha value is 2.11. The van der Waals surface area contributed by atoms with E-state index in [2.05, 4.69) is 3.63 Å². The maximum Gasteiger partial charge on any atom is 1.00 e. The van der Waals surface area contributed by atoms with Crippen LogP contribution in [0.5, 0.6) is 0 Å². The summed E-state index contributed by atoms with van der Waals surface area (Å²) in [5, 5.41) is 0. The Labute approximate surface area is 229 Å². The monoisotopic (exact) mass is 408 g/mol. The fourth-order valence-electron chi connectivity index (χ4n) is 1.37. The molecule has 2 aromatic rings. The first-order valence-electron chi connectivity index (χ1n) is 5.23. The summed E-state index contributed by atoms with van der Waals surface area (Å²) in [7, 11) is -8.71. The van der Waals surface area contributed by atoms with E-state index in [0.717, 1.165) is 0 Å². The minimum Gasteiger partial charge on any atom is -1.00 e. The van der Waals surface area contributed by atoms with E-state index in [4.69, 9.17) is 0 Å². The van der Waals surface area contributed by atoms with Gasteiger partial charge in [-0.15, -0.1) is 3.63 Å². The molecule has 0 saturated heterocycles. The molecule has 0 aliphatic rings. The van der Waals surface area contributed by atoms with Crippen LogP contribution < -0.4 is 103 Å². The van der Waals surface area contributed by atoms with Crippen molar-refractivity contribution in [2.45, 2.75) is 9.79 Å². The average Bonchev–Trinajstić information content (AvgIpc) is 2.40. The summed E-state index contributed by atoms with van der Waals surface area (Å²) in [5.74, 6) is 0. The Morgan fingerprint density at radius 3 is 1.18 bits per heavy atom. The summed E-state index contributed by atoms with van der Waals surface area (Å²) in [6.45, 7) is 0. The van der Waals surface area contributed by atoms with Gasteiger partial charge in [-0.25, -0.2) is 0 Å². The Balaban J connectivity index is -0.000000400. The third kappa shape index (κ3) is 7.55. The standard InChI is InChI=1S/C12H10O5S2.Al.2K.5H/c13-18(14,11-7-3-1-4-8-11)17-19(15,16)12-9-5-2-6-10-12;;;;;;;;/h1-10H;;;;;;;;/q;;2*+1;;;;2*-1. The van der Waals surface area contributed by atoms with Crippen LogP contribution in [0.3, 0.4) is 0 Å². The number of rotatable bonds is 4. The molecule has 0 unspecified atom stereocenters. The van der Waals surface area contributed by atoms with Crippen LogP contribution in [-0.4, -0.2) is 34.2 Å². The van der Waals surface area contributed by atoms with Gasteiger partial charge < -0.3 is 2.85 Å². The molecule has 10 heteroatoms. The average molecular weight is 409 g/mol. The SMILES string of the molecule is O=S(=O)(OS(=O)(=O)c1ccccc1)c1ccccc1.[AlH3].[H-].[H-].[K+].[K+]. The molecule has 0 aromatic heterocycles. The molecule has 2 aromatic carbocycles. The summed E-state index contributed by atoms with van der Waals surface area (Å²) < 4.78 is 51.6.